The fourth-order valence-corrected chi connectivity index (χ4v) is 4.51. The van der Waals surface area contributed by atoms with E-state index in [1.807, 2.05) is 31.1 Å². The van der Waals surface area contributed by atoms with E-state index in [4.69, 9.17) is 0 Å². The maximum Gasteiger partial charge on any atom is 0.253 e. The van der Waals surface area contributed by atoms with Crippen molar-refractivity contribution in [2.24, 2.45) is 0 Å². The SMILES string of the molecule is CN(C)c1ccc(C(=O)N2CCN(S(=O)(=O)c3ccc(F)cc3F)CC2)cc1. The maximum absolute atomic E-state index is 13.9. The van der Waals surface area contributed by atoms with Gasteiger partial charge in [-0.1, -0.05) is 0 Å². The Balaban J connectivity index is 1.69. The third kappa shape index (κ3) is 4.00. The molecule has 2 aromatic carbocycles. The molecule has 1 aliphatic rings. The van der Waals surface area contributed by atoms with Gasteiger partial charge in [0.05, 0.1) is 0 Å². The Morgan fingerprint density at radius 1 is 0.964 bits per heavy atom. The smallest absolute Gasteiger partial charge is 0.253 e. The third-order valence-electron chi connectivity index (χ3n) is 4.67. The first-order valence-electron chi connectivity index (χ1n) is 8.72. The fourth-order valence-electron chi connectivity index (χ4n) is 3.04. The number of nitrogens with zero attached hydrogens (tertiary/aromatic N) is 3. The Morgan fingerprint density at radius 3 is 2.11 bits per heavy atom. The van der Waals surface area contributed by atoms with Crippen LogP contribution >= 0.6 is 0 Å². The summed E-state index contributed by atoms with van der Waals surface area (Å²) in [6.07, 6.45) is 0. The molecule has 0 N–H and O–H groups in total. The molecule has 0 atom stereocenters. The van der Waals surface area contributed by atoms with Crippen molar-refractivity contribution in [1.82, 2.24) is 9.21 Å². The van der Waals surface area contributed by atoms with Crippen LogP contribution in [0.5, 0.6) is 0 Å². The molecule has 0 spiro atoms. The van der Waals surface area contributed by atoms with Crippen molar-refractivity contribution in [3.05, 3.63) is 59.7 Å². The molecule has 2 aromatic rings. The van der Waals surface area contributed by atoms with Crippen molar-refractivity contribution in [3.8, 4) is 0 Å². The van der Waals surface area contributed by atoms with Crippen molar-refractivity contribution < 1.29 is 22.0 Å². The van der Waals surface area contributed by atoms with Gasteiger partial charge in [-0.3, -0.25) is 4.79 Å². The van der Waals surface area contributed by atoms with Gasteiger partial charge in [-0.25, -0.2) is 17.2 Å². The second-order valence-electron chi connectivity index (χ2n) is 6.71. The molecule has 0 unspecified atom stereocenters. The van der Waals surface area contributed by atoms with E-state index in [2.05, 4.69) is 0 Å². The number of amides is 1. The molecule has 1 saturated heterocycles. The van der Waals surface area contributed by atoms with Gasteiger partial charge < -0.3 is 9.80 Å². The minimum absolute atomic E-state index is 0.0423. The molecule has 3 rings (SSSR count). The van der Waals surface area contributed by atoms with Gasteiger partial charge in [-0.2, -0.15) is 4.31 Å². The lowest BCUT2D eigenvalue weighted by atomic mass is 10.1. The average Bonchev–Trinajstić information content (AvgIpc) is 2.67. The highest BCUT2D eigenvalue weighted by Gasteiger charge is 2.32. The second kappa shape index (κ2) is 7.84. The number of sulfonamides is 1. The third-order valence-corrected chi connectivity index (χ3v) is 6.60. The molecular formula is C19H21F2N3O3S. The van der Waals surface area contributed by atoms with Gasteiger partial charge in [0, 0.05) is 57.6 Å². The lowest BCUT2D eigenvalue weighted by Gasteiger charge is -2.34. The van der Waals surface area contributed by atoms with E-state index in [9.17, 15) is 22.0 Å². The number of hydrogen-bond acceptors (Lipinski definition) is 4. The van der Waals surface area contributed by atoms with Gasteiger partial charge in [0.15, 0.2) is 0 Å². The lowest BCUT2D eigenvalue weighted by Crippen LogP contribution is -2.50. The predicted octanol–water partition coefficient (Wildman–Crippen LogP) is 2.18. The molecule has 150 valence electrons. The number of anilines is 1. The summed E-state index contributed by atoms with van der Waals surface area (Å²) in [5.41, 5.74) is 1.49. The van der Waals surface area contributed by atoms with Crippen LogP contribution in [-0.4, -0.2) is 63.8 Å². The van der Waals surface area contributed by atoms with E-state index in [-0.39, 0.29) is 32.1 Å². The first-order chi connectivity index (χ1) is 13.2. The van der Waals surface area contributed by atoms with Crippen LogP contribution in [0, 0.1) is 11.6 Å². The van der Waals surface area contributed by atoms with Crippen LogP contribution in [-0.2, 0) is 10.0 Å². The first kappa shape index (κ1) is 20.2. The molecule has 1 fully saturated rings. The van der Waals surface area contributed by atoms with E-state index in [1.165, 1.54) is 0 Å². The van der Waals surface area contributed by atoms with Crippen molar-refractivity contribution >= 4 is 21.6 Å². The normalized spacial score (nSPS) is 15.5. The summed E-state index contributed by atoms with van der Waals surface area (Å²) in [5.74, 6) is -2.15. The Morgan fingerprint density at radius 2 is 1.57 bits per heavy atom. The number of benzene rings is 2. The lowest BCUT2D eigenvalue weighted by molar-refractivity contribution is 0.0697. The van der Waals surface area contributed by atoms with E-state index >= 15 is 0 Å². The summed E-state index contributed by atoms with van der Waals surface area (Å²) in [5, 5.41) is 0. The minimum Gasteiger partial charge on any atom is -0.378 e. The molecule has 6 nitrogen and oxygen atoms in total. The monoisotopic (exact) mass is 409 g/mol. The number of hydrogen-bond donors (Lipinski definition) is 0. The highest BCUT2D eigenvalue weighted by Crippen LogP contribution is 2.22. The number of piperazine rings is 1. The molecule has 0 aliphatic carbocycles. The molecule has 0 bridgehead atoms. The van der Waals surface area contributed by atoms with E-state index < -0.39 is 26.6 Å². The first-order valence-corrected chi connectivity index (χ1v) is 10.2. The number of carbonyl (C=O) groups is 1. The number of carbonyl (C=O) groups excluding carboxylic acids is 1. The van der Waals surface area contributed by atoms with Crippen molar-refractivity contribution in [1.29, 1.82) is 0 Å². The van der Waals surface area contributed by atoms with Gasteiger partial charge in [0.2, 0.25) is 10.0 Å². The summed E-state index contributed by atoms with van der Waals surface area (Å²) in [6, 6.07) is 9.51. The summed E-state index contributed by atoms with van der Waals surface area (Å²) in [6.45, 7) is 0.466. The van der Waals surface area contributed by atoms with Crippen LogP contribution < -0.4 is 4.90 Å². The molecule has 0 radical (unpaired) electrons. The van der Waals surface area contributed by atoms with Crippen molar-refractivity contribution in [2.75, 3.05) is 45.2 Å². The van der Waals surface area contributed by atoms with Crippen LogP contribution in [0.2, 0.25) is 0 Å². The van der Waals surface area contributed by atoms with Crippen LogP contribution in [0.4, 0.5) is 14.5 Å². The number of rotatable bonds is 4. The van der Waals surface area contributed by atoms with E-state index in [0.717, 1.165) is 22.1 Å². The van der Waals surface area contributed by atoms with E-state index in [1.54, 1.807) is 17.0 Å². The van der Waals surface area contributed by atoms with Crippen LogP contribution in [0.1, 0.15) is 10.4 Å². The van der Waals surface area contributed by atoms with Crippen molar-refractivity contribution in [2.45, 2.75) is 4.90 Å². The quantitative estimate of drug-likeness (QED) is 0.777. The minimum atomic E-state index is -4.09. The van der Waals surface area contributed by atoms with Gasteiger partial charge >= 0.3 is 0 Å². The van der Waals surface area contributed by atoms with Crippen LogP contribution in [0.25, 0.3) is 0 Å². The topological polar surface area (TPSA) is 60.9 Å². The van der Waals surface area contributed by atoms with Crippen LogP contribution in [0.3, 0.4) is 0 Å². The largest absolute Gasteiger partial charge is 0.378 e. The molecule has 28 heavy (non-hydrogen) atoms. The van der Waals surface area contributed by atoms with Crippen molar-refractivity contribution in [3.63, 3.8) is 0 Å². The van der Waals surface area contributed by atoms with Gasteiger partial charge in [-0.05, 0) is 36.4 Å². The Labute approximate surface area is 163 Å². The van der Waals surface area contributed by atoms with Crippen LogP contribution in [0.15, 0.2) is 47.4 Å². The molecular weight excluding hydrogens is 388 g/mol. The average molecular weight is 409 g/mol. The zero-order chi connectivity index (χ0) is 20.5. The summed E-state index contributed by atoms with van der Waals surface area (Å²) in [4.78, 5) is 15.6. The molecule has 0 saturated carbocycles. The highest BCUT2D eigenvalue weighted by molar-refractivity contribution is 7.89. The Hall–Kier alpha value is -2.52. The fraction of sp³-hybridized carbons (Fsp3) is 0.316. The summed E-state index contributed by atoms with van der Waals surface area (Å²) in [7, 11) is -0.284. The molecule has 1 aliphatic heterocycles. The highest BCUT2D eigenvalue weighted by atomic mass is 32.2. The van der Waals surface area contributed by atoms with Gasteiger partial charge in [0.1, 0.15) is 16.5 Å². The summed E-state index contributed by atoms with van der Waals surface area (Å²) >= 11 is 0. The zero-order valence-corrected chi connectivity index (χ0v) is 16.4. The predicted molar refractivity (Wildman–Crippen MR) is 102 cm³/mol. The van der Waals surface area contributed by atoms with Gasteiger partial charge in [-0.15, -0.1) is 0 Å². The molecule has 9 heteroatoms. The standard InChI is InChI=1S/C19H21F2N3O3S/c1-22(2)16-6-3-14(4-7-16)19(25)23-9-11-24(12-10-23)28(26,27)18-8-5-15(20)13-17(18)21/h3-8,13H,9-12H2,1-2H3. The van der Waals surface area contributed by atoms with E-state index in [0.29, 0.717) is 11.6 Å². The summed E-state index contributed by atoms with van der Waals surface area (Å²) < 4.78 is 53.3. The zero-order valence-electron chi connectivity index (χ0n) is 15.6. The molecule has 1 heterocycles. The Bertz CT molecular complexity index is 970. The Kier molecular flexibility index (Phi) is 5.66. The number of halogens is 2. The molecule has 1 amide bonds. The van der Waals surface area contributed by atoms with Gasteiger partial charge in [0.25, 0.3) is 5.91 Å². The molecule has 0 aromatic heterocycles. The second-order valence-corrected chi connectivity index (χ2v) is 8.62. The maximum atomic E-state index is 13.9.